The van der Waals surface area contributed by atoms with Gasteiger partial charge in [-0.1, -0.05) is 54.1 Å². The van der Waals surface area contributed by atoms with E-state index in [4.69, 9.17) is 26.1 Å². The molecule has 2 aliphatic heterocycles. The van der Waals surface area contributed by atoms with Crippen molar-refractivity contribution < 1.29 is 37.7 Å². The molecule has 13 heteroatoms. The number of ether oxygens (including phenoxy) is 2. The molecule has 0 amide bonds. The Kier molecular flexibility index (Phi) is 10.1. The van der Waals surface area contributed by atoms with Gasteiger partial charge in [0.1, 0.15) is 5.54 Å². The minimum Gasteiger partial charge on any atom is -0.481 e. The van der Waals surface area contributed by atoms with Crippen molar-refractivity contribution in [2.75, 3.05) is 20.8 Å². The summed E-state index contributed by atoms with van der Waals surface area (Å²) in [6.45, 7) is 2.90. The molecule has 1 atom stereocenters. The van der Waals surface area contributed by atoms with E-state index >= 15 is 0 Å². The minimum absolute atomic E-state index is 0.0169. The van der Waals surface area contributed by atoms with Gasteiger partial charge in [-0.2, -0.15) is 13.2 Å². The largest absolute Gasteiger partial charge is 0.481 e. The number of benzene rings is 2. The van der Waals surface area contributed by atoms with Crippen LogP contribution in [0.25, 0.3) is 22.4 Å². The Bertz CT molecular complexity index is 2160. The normalized spacial score (nSPS) is 25.6. The van der Waals surface area contributed by atoms with Crippen molar-refractivity contribution >= 4 is 17.6 Å². The van der Waals surface area contributed by atoms with Crippen molar-refractivity contribution in [3.05, 3.63) is 93.1 Å². The molecule has 5 aliphatic rings. The Labute approximate surface area is 329 Å². The summed E-state index contributed by atoms with van der Waals surface area (Å²) in [4.78, 5) is 23.3. The van der Waals surface area contributed by atoms with Gasteiger partial charge in [0, 0.05) is 41.4 Å². The quantitative estimate of drug-likeness (QED) is 0.131. The zero-order valence-electron chi connectivity index (χ0n) is 31.7. The number of hydrogen-bond donors (Lipinski definition) is 3. The van der Waals surface area contributed by atoms with Gasteiger partial charge in [-0.05, 0) is 105 Å². The summed E-state index contributed by atoms with van der Waals surface area (Å²) in [6, 6.07) is 16.9. The van der Waals surface area contributed by atoms with Gasteiger partial charge in [0.15, 0.2) is 0 Å². The maximum atomic E-state index is 14.8. The van der Waals surface area contributed by atoms with Gasteiger partial charge in [0.05, 0.1) is 41.8 Å². The third kappa shape index (κ3) is 7.03. The van der Waals surface area contributed by atoms with Gasteiger partial charge >= 0.3 is 12.1 Å². The van der Waals surface area contributed by atoms with Crippen LogP contribution in [0.4, 0.5) is 13.2 Å². The first-order valence-electron chi connectivity index (χ1n) is 19.2. The highest BCUT2D eigenvalue weighted by Gasteiger charge is 2.57. The lowest BCUT2D eigenvalue weighted by molar-refractivity contribution is -0.172. The number of aliphatic carboxylic acids is 1. The predicted octanol–water partition coefficient (Wildman–Crippen LogP) is 8.21. The third-order valence-corrected chi connectivity index (χ3v) is 13.0. The average Bonchev–Trinajstić information content (AvgIpc) is 3.55. The number of alkyl halides is 3. The second-order valence-corrected chi connectivity index (χ2v) is 16.7. The highest BCUT2D eigenvalue weighted by atomic mass is 35.5. The van der Waals surface area contributed by atoms with Gasteiger partial charge < -0.3 is 25.0 Å². The van der Waals surface area contributed by atoms with Crippen LogP contribution in [-0.2, 0) is 36.9 Å². The fourth-order valence-electron chi connectivity index (χ4n) is 9.63. The van der Waals surface area contributed by atoms with Crippen LogP contribution in [0.15, 0.2) is 54.6 Å². The number of piperidine rings is 2. The van der Waals surface area contributed by atoms with Crippen molar-refractivity contribution in [1.29, 1.82) is 0 Å². The Morgan fingerprint density at radius 2 is 1.66 bits per heavy atom. The molecular formula is C43H46ClF3N4O5. The zero-order valence-corrected chi connectivity index (χ0v) is 32.4. The predicted molar refractivity (Wildman–Crippen MR) is 206 cm³/mol. The molecule has 9 nitrogen and oxygen atoms in total. The van der Waals surface area contributed by atoms with Crippen LogP contribution in [-0.4, -0.2) is 69.0 Å². The van der Waals surface area contributed by atoms with E-state index in [1.807, 2.05) is 55.5 Å². The van der Waals surface area contributed by atoms with E-state index in [-0.39, 0.29) is 42.1 Å². The molecule has 2 bridgehead atoms. The van der Waals surface area contributed by atoms with E-state index in [2.05, 4.69) is 10.3 Å². The summed E-state index contributed by atoms with van der Waals surface area (Å²) in [5, 5.41) is 24.1. The monoisotopic (exact) mass is 790 g/mol. The van der Waals surface area contributed by atoms with E-state index in [0.717, 1.165) is 45.9 Å². The number of aliphatic hydroxyl groups is 1. The van der Waals surface area contributed by atoms with Crippen LogP contribution >= 0.6 is 11.6 Å². The number of nitrogens with zero attached hydrogens (tertiary/aromatic N) is 3. The fraction of sp³-hybridized carbons (Fsp3) is 0.465. The molecule has 2 saturated carbocycles. The van der Waals surface area contributed by atoms with E-state index in [1.165, 1.54) is 7.11 Å². The topological polar surface area (TPSA) is 117 Å². The zero-order chi connectivity index (χ0) is 39.6. The van der Waals surface area contributed by atoms with E-state index in [9.17, 15) is 28.2 Å². The first-order valence-corrected chi connectivity index (χ1v) is 19.6. The number of carboxylic acids is 1. The molecule has 2 aromatic heterocycles. The van der Waals surface area contributed by atoms with Crippen LogP contribution < -0.4 is 14.8 Å². The molecule has 2 saturated heterocycles. The van der Waals surface area contributed by atoms with Gasteiger partial charge in [0.25, 0.3) is 0 Å². The molecular weight excluding hydrogens is 745 g/mol. The SMILES string of the molecule is COc1nc(-c2cccc(-c3cccc4c3CC[C@@H]4Cc3nc(OC)c(CN4CCC5CC4(C(=O)O)C5)cc3C(F)(F)F)c2Cl)ccc1CNC1CC(C)(O)C1. The number of carboxylic acid groups (broad SMARTS) is 1. The second-order valence-electron chi connectivity index (χ2n) is 16.3. The van der Waals surface area contributed by atoms with Gasteiger partial charge in [-0.25, -0.2) is 9.97 Å². The number of fused-ring (bicyclic) bond motifs is 3. The smallest absolute Gasteiger partial charge is 0.418 e. The molecule has 9 rings (SSSR count). The molecule has 4 fully saturated rings. The van der Waals surface area contributed by atoms with Crippen LogP contribution in [0, 0.1) is 5.92 Å². The summed E-state index contributed by atoms with van der Waals surface area (Å²) >= 11 is 7.16. The second kappa shape index (κ2) is 14.6. The fourth-order valence-corrected chi connectivity index (χ4v) is 9.95. The van der Waals surface area contributed by atoms with Crippen LogP contribution in [0.2, 0.25) is 5.02 Å². The summed E-state index contributed by atoms with van der Waals surface area (Å²) in [5.74, 6) is -0.243. The lowest BCUT2D eigenvalue weighted by Crippen LogP contribution is -2.66. The Morgan fingerprint density at radius 3 is 2.36 bits per heavy atom. The summed E-state index contributed by atoms with van der Waals surface area (Å²) < 4.78 is 55.5. The number of rotatable bonds is 12. The molecule has 0 spiro atoms. The van der Waals surface area contributed by atoms with Crippen molar-refractivity contribution in [3.8, 4) is 34.1 Å². The molecule has 3 aliphatic carbocycles. The van der Waals surface area contributed by atoms with Crippen molar-refractivity contribution in [3.63, 3.8) is 0 Å². The van der Waals surface area contributed by atoms with Crippen molar-refractivity contribution in [1.82, 2.24) is 20.2 Å². The minimum atomic E-state index is -4.67. The number of pyridine rings is 2. The van der Waals surface area contributed by atoms with Crippen LogP contribution in [0.5, 0.6) is 11.8 Å². The molecule has 56 heavy (non-hydrogen) atoms. The summed E-state index contributed by atoms with van der Waals surface area (Å²) in [5.41, 5.74) is 3.65. The number of aromatic nitrogens is 2. The molecule has 2 aromatic carbocycles. The lowest BCUT2D eigenvalue weighted by Gasteiger charge is -2.56. The average molecular weight is 791 g/mol. The Balaban J connectivity index is 1.05. The number of carbonyl (C=O) groups is 1. The van der Waals surface area contributed by atoms with Gasteiger partial charge in [0.2, 0.25) is 11.8 Å². The number of methoxy groups -OCH3 is 2. The highest BCUT2D eigenvalue weighted by Crippen LogP contribution is 2.50. The number of halogens is 4. The van der Waals surface area contributed by atoms with Crippen molar-refractivity contribution in [2.24, 2.45) is 5.92 Å². The first kappa shape index (κ1) is 38.6. The first-order chi connectivity index (χ1) is 26.7. The third-order valence-electron chi connectivity index (χ3n) is 12.5. The van der Waals surface area contributed by atoms with E-state index in [1.54, 1.807) is 12.0 Å². The molecule has 4 heterocycles. The number of hydrogen-bond acceptors (Lipinski definition) is 8. The summed E-state index contributed by atoms with van der Waals surface area (Å²) in [7, 11) is 2.97. The maximum absolute atomic E-state index is 14.8. The Hall–Kier alpha value is -4.23. The molecule has 3 N–H and O–H groups in total. The van der Waals surface area contributed by atoms with Crippen LogP contribution in [0.1, 0.15) is 84.9 Å². The highest BCUT2D eigenvalue weighted by molar-refractivity contribution is 6.36. The molecule has 4 aromatic rings. The van der Waals surface area contributed by atoms with Gasteiger partial charge in [-0.15, -0.1) is 0 Å². The number of nitrogens with one attached hydrogen (secondary N) is 1. The standard InChI is InChI=1S/C43H46ClF3N4O5/c1-41(54)20-28(21-41)48-22-26-11-13-35(49-38(26)55-2)33-9-5-8-32(37(33)44)30-7-4-6-29-25(10-12-31(29)30)17-36-34(43(45,46)47)16-27(39(50-36)56-3)23-51-15-14-24-18-42(51,19-24)40(52)53/h4-9,11,13,16,24-25,28,48,54H,10,12,14-15,17-23H2,1-3H3,(H,52,53)/t24?,25-,28?,41?,42?/m1/s1. The van der Waals surface area contributed by atoms with Crippen LogP contribution in [0.3, 0.4) is 0 Å². The maximum Gasteiger partial charge on any atom is 0.418 e. The Morgan fingerprint density at radius 1 is 0.964 bits per heavy atom. The lowest BCUT2D eigenvalue weighted by atomic mass is 9.62. The molecule has 0 unspecified atom stereocenters. The van der Waals surface area contributed by atoms with E-state index in [0.29, 0.717) is 74.1 Å². The van der Waals surface area contributed by atoms with Gasteiger partial charge in [-0.3, -0.25) is 9.69 Å². The van der Waals surface area contributed by atoms with Crippen molar-refractivity contribution in [2.45, 2.75) is 101 Å². The molecule has 296 valence electrons. The molecule has 0 radical (unpaired) electrons. The van der Waals surface area contributed by atoms with E-state index < -0.39 is 28.8 Å². The summed E-state index contributed by atoms with van der Waals surface area (Å²) in [6.07, 6.45) is -0.105.